The second-order valence-corrected chi connectivity index (χ2v) is 5.16. The molecule has 2 aromatic carbocycles. The Morgan fingerprint density at radius 3 is 2.50 bits per heavy atom. The van der Waals surface area contributed by atoms with Gasteiger partial charge in [0.15, 0.2) is 6.10 Å². The van der Waals surface area contributed by atoms with Gasteiger partial charge >= 0.3 is 0 Å². The van der Waals surface area contributed by atoms with E-state index >= 15 is 0 Å². The molecule has 0 heterocycles. The molecule has 1 N–H and O–H groups in total. The van der Waals surface area contributed by atoms with Gasteiger partial charge in [-0.2, -0.15) is 0 Å². The Hall–Kier alpha value is -2.20. The summed E-state index contributed by atoms with van der Waals surface area (Å²) in [6, 6.07) is 14.6. The quantitative estimate of drug-likeness (QED) is 0.887. The lowest BCUT2D eigenvalue weighted by Crippen LogP contribution is -2.35. The van der Waals surface area contributed by atoms with Gasteiger partial charge in [0.2, 0.25) is 0 Å². The van der Waals surface area contributed by atoms with Crippen molar-refractivity contribution in [3.63, 3.8) is 0 Å². The lowest BCUT2D eigenvalue weighted by atomic mass is 10.2. The van der Waals surface area contributed by atoms with Gasteiger partial charge in [-0.15, -0.1) is 0 Å². The molecule has 0 saturated carbocycles. The molecule has 0 aliphatic heterocycles. The molecule has 2 rings (SSSR count). The largest absolute Gasteiger partial charge is 0.497 e. The number of benzene rings is 2. The van der Waals surface area contributed by atoms with Crippen molar-refractivity contribution >= 4 is 17.5 Å². The molecule has 0 aliphatic carbocycles. The number of methoxy groups -OCH3 is 1. The average Bonchev–Trinajstić information content (AvgIpc) is 2.55. The van der Waals surface area contributed by atoms with Gasteiger partial charge in [-0.3, -0.25) is 4.79 Å². The highest BCUT2D eigenvalue weighted by molar-refractivity contribution is 6.32. The molecule has 0 radical (unpaired) electrons. The van der Waals surface area contributed by atoms with Gasteiger partial charge in [-0.05, 0) is 36.8 Å². The molecule has 0 unspecified atom stereocenters. The molecule has 5 heteroatoms. The summed E-state index contributed by atoms with van der Waals surface area (Å²) in [5.74, 6) is 1.08. The van der Waals surface area contributed by atoms with Crippen molar-refractivity contribution < 1.29 is 14.3 Å². The molecule has 0 aromatic heterocycles. The van der Waals surface area contributed by atoms with Crippen LogP contribution >= 0.6 is 11.6 Å². The third kappa shape index (κ3) is 4.40. The van der Waals surface area contributed by atoms with Gasteiger partial charge < -0.3 is 14.8 Å². The van der Waals surface area contributed by atoms with Crippen LogP contribution in [0.15, 0.2) is 48.5 Å². The minimum atomic E-state index is -0.627. The summed E-state index contributed by atoms with van der Waals surface area (Å²) in [4.78, 5) is 12.1. The summed E-state index contributed by atoms with van der Waals surface area (Å²) < 4.78 is 10.7. The molecular formula is C17H18ClNO3. The van der Waals surface area contributed by atoms with E-state index in [-0.39, 0.29) is 5.91 Å². The normalized spacial score (nSPS) is 11.6. The summed E-state index contributed by atoms with van der Waals surface area (Å²) in [5, 5.41) is 3.31. The van der Waals surface area contributed by atoms with Gasteiger partial charge in [-0.25, -0.2) is 0 Å². The van der Waals surface area contributed by atoms with Crippen LogP contribution in [0.2, 0.25) is 5.02 Å². The van der Waals surface area contributed by atoms with E-state index in [1.54, 1.807) is 26.2 Å². The van der Waals surface area contributed by atoms with Crippen molar-refractivity contribution in [2.24, 2.45) is 0 Å². The third-order valence-corrected chi connectivity index (χ3v) is 3.45. The highest BCUT2D eigenvalue weighted by Gasteiger charge is 2.15. The fraction of sp³-hybridized carbons (Fsp3) is 0.235. The van der Waals surface area contributed by atoms with Crippen LogP contribution in [-0.4, -0.2) is 19.1 Å². The third-order valence-electron chi connectivity index (χ3n) is 3.14. The fourth-order valence-corrected chi connectivity index (χ4v) is 2.04. The zero-order chi connectivity index (χ0) is 15.9. The molecule has 22 heavy (non-hydrogen) atoms. The Balaban J connectivity index is 1.87. The summed E-state index contributed by atoms with van der Waals surface area (Å²) >= 11 is 6.01. The number of carbonyl (C=O) groups is 1. The van der Waals surface area contributed by atoms with Crippen LogP contribution in [0.1, 0.15) is 12.5 Å². The highest BCUT2D eigenvalue weighted by Crippen LogP contribution is 2.24. The SMILES string of the molecule is COc1ccc(CNC(=O)[C@@H](C)Oc2ccccc2Cl)cc1. The van der Waals surface area contributed by atoms with Gasteiger partial charge in [0.1, 0.15) is 11.5 Å². The molecule has 4 nitrogen and oxygen atoms in total. The van der Waals surface area contributed by atoms with E-state index in [2.05, 4.69) is 5.32 Å². The van der Waals surface area contributed by atoms with Gasteiger partial charge in [0.25, 0.3) is 5.91 Å². The van der Waals surface area contributed by atoms with Crippen molar-refractivity contribution in [3.8, 4) is 11.5 Å². The molecule has 1 amide bonds. The second-order valence-electron chi connectivity index (χ2n) is 4.76. The van der Waals surface area contributed by atoms with E-state index in [1.165, 1.54) is 0 Å². The topological polar surface area (TPSA) is 47.6 Å². The van der Waals surface area contributed by atoms with E-state index in [0.717, 1.165) is 11.3 Å². The molecular weight excluding hydrogens is 302 g/mol. The number of hydrogen-bond donors (Lipinski definition) is 1. The Morgan fingerprint density at radius 1 is 1.18 bits per heavy atom. The second kappa shape index (κ2) is 7.71. The number of hydrogen-bond acceptors (Lipinski definition) is 3. The molecule has 116 valence electrons. The van der Waals surface area contributed by atoms with E-state index in [0.29, 0.717) is 17.3 Å². The maximum absolute atomic E-state index is 12.1. The number of carbonyl (C=O) groups excluding carboxylic acids is 1. The molecule has 1 atom stereocenters. The minimum absolute atomic E-state index is 0.198. The maximum Gasteiger partial charge on any atom is 0.261 e. The van der Waals surface area contributed by atoms with Crippen molar-refractivity contribution in [2.75, 3.05) is 7.11 Å². The fourth-order valence-electron chi connectivity index (χ4n) is 1.86. The predicted molar refractivity (Wildman–Crippen MR) is 86.4 cm³/mol. The van der Waals surface area contributed by atoms with Crippen molar-refractivity contribution in [3.05, 3.63) is 59.1 Å². The van der Waals surface area contributed by atoms with Crippen LogP contribution < -0.4 is 14.8 Å². The molecule has 0 spiro atoms. The van der Waals surface area contributed by atoms with E-state index in [1.807, 2.05) is 36.4 Å². The average molecular weight is 320 g/mol. The Bertz CT molecular complexity index is 628. The number of ether oxygens (including phenoxy) is 2. The van der Waals surface area contributed by atoms with E-state index < -0.39 is 6.10 Å². The molecule has 0 bridgehead atoms. The van der Waals surface area contributed by atoms with Gasteiger partial charge in [-0.1, -0.05) is 35.9 Å². The Morgan fingerprint density at radius 2 is 1.86 bits per heavy atom. The summed E-state index contributed by atoms with van der Waals surface area (Å²) in [7, 11) is 1.62. The Kier molecular flexibility index (Phi) is 5.67. The predicted octanol–water partition coefficient (Wildman–Crippen LogP) is 3.43. The first-order valence-corrected chi connectivity index (χ1v) is 7.30. The highest BCUT2D eigenvalue weighted by atomic mass is 35.5. The lowest BCUT2D eigenvalue weighted by molar-refractivity contribution is -0.127. The zero-order valence-electron chi connectivity index (χ0n) is 12.5. The molecule has 0 saturated heterocycles. The van der Waals surface area contributed by atoms with Crippen LogP contribution in [0, 0.1) is 0 Å². The first-order valence-electron chi connectivity index (χ1n) is 6.92. The summed E-state index contributed by atoms with van der Waals surface area (Å²) in [5.41, 5.74) is 0.985. The van der Waals surface area contributed by atoms with Crippen molar-refractivity contribution in [1.29, 1.82) is 0 Å². The van der Waals surface area contributed by atoms with Crippen LogP contribution in [0.25, 0.3) is 0 Å². The smallest absolute Gasteiger partial charge is 0.261 e. The summed E-state index contributed by atoms with van der Waals surface area (Å²) in [6.07, 6.45) is -0.627. The van der Waals surface area contributed by atoms with Gasteiger partial charge in [0.05, 0.1) is 12.1 Å². The number of amides is 1. The van der Waals surface area contributed by atoms with E-state index in [4.69, 9.17) is 21.1 Å². The monoisotopic (exact) mass is 319 g/mol. The minimum Gasteiger partial charge on any atom is -0.497 e. The summed E-state index contributed by atoms with van der Waals surface area (Å²) in [6.45, 7) is 2.12. The van der Waals surface area contributed by atoms with Crippen molar-refractivity contribution in [1.82, 2.24) is 5.32 Å². The first-order chi connectivity index (χ1) is 10.6. The lowest BCUT2D eigenvalue weighted by Gasteiger charge is -2.15. The molecule has 0 fully saturated rings. The number of nitrogens with one attached hydrogen (secondary N) is 1. The number of rotatable bonds is 6. The van der Waals surface area contributed by atoms with Crippen LogP contribution in [0.5, 0.6) is 11.5 Å². The van der Waals surface area contributed by atoms with Gasteiger partial charge in [0, 0.05) is 6.54 Å². The first kappa shape index (κ1) is 16.2. The standard InChI is InChI=1S/C17H18ClNO3/c1-12(22-16-6-4-3-5-15(16)18)17(20)19-11-13-7-9-14(21-2)10-8-13/h3-10,12H,11H2,1-2H3,(H,19,20)/t12-/m1/s1. The molecule has 0 aliphatic rings. The van der Waals surface area contributed by atoms with Crippen LogP contribution in [0.4, 0.5) is 0 Å². The maximum atomic E-state index is 12.1. The van der Waals surface area contributed by atoms with Crippen LogP contribution in [0.3, 0.4) is 0 Å². The number of halogens is 1. The van der Waals surface area contributed by atoms with Crippen LogP contribution in [-0.2, 0) is 11.3 Å². The zero-order valence-corrected chi connectivity index (χ0v) is 13.3. The number of para-hydroxylation sites is 1. The molecule has 2 aromatic rings. The Labute approximate surface area is 135 Å². The van der Waals surface area contributed by atoms with E-state index in [9.17, 15) is 4.79 Å². The van der Waals surface area contributed by atoms with Crippen molar-refractivity contribution in [2.45, 2.75) is 19.6 Å².